The third-order valence-corrected chi connectivity index (χ3v) is 4.21. The molecule has 19 heavy (non-hydrogen) atoms. The number of nitrogens with two attached hydrogens (primary N) is 1. The highest BCUT2D eigenvalue weighted by molar-refractivity contribution is 5.75. The first-order valence-corrected chi connectivity index (χ1v) is 7.64. The molecule has 1 fully saturated rings. The van der Waals surface area contributed by atoms with Crippen molar-refractivity contribution in [3.05, 3.63) is 0 Å². The molecule has 0 bridgehead atoms. The van der Waals surface area contributed by atoms with Crippen LogP contribution in [0.2, 0.25) is 0 Å². The molecular weight excluding hydrogens is 240 g/mol. The summed E-state index contributed by atoms with van der Waals surface area (Å²) in [6.07, 6.45) is 6.23. The zero-order valence-corrected chi connectivity index (χ0v) is 12.5. The van der Waals surface area contributed by atoms with Gasteiger partial charge in [-0.05, 0) is 44.1 Å². The van der Waals surface area contributed by atoms with Crippen LogP contribution in [0.25, 0.3) is 0 Å². The van der Waals surface area contributed by atoms with E-state index in [0.29, 0.717) is 31.3 Å². The summed E-state index contributed by atoms with van der Waals surface area (Å²) in [4.78, 5) is 11.8. The summed E-state index contributed by atoms with van der Waals surface area (Å²) in [6, 6.07) is 0. The van der Waals surface area contributed by atoms with E-state index in [1.165, 1.54) is 6.42 Å². The molecule has 0 aliphatic heterocycles. The van der Waals surface area contributed by atoms with Gasteiger partial charge < -0.3 is 16.2 Å². The molecule has 0 heterocycles. The SMILES string of the molecule is CC(CCN)CCC(=O)NCC1(O)CCCC(C)C1. The number of hydrogen-bond donors (Lipinski definition) is 3. The fraction of sp³-hybridized carbons (Fsp3) is 0.933. The second kappa shape index (κ2) is 7.85. The standard InChI is InChI=1S/C15H30N2O2/c1-12(7-9-16)5-6-14(18)17-11-15(19)8-3-4-13(2)10-15/h12-13,19H,3-11,16H2,1-2H3,(H,17,18). The lowest BCUT2D eigenvalue weighted by Crippen LogP contribution is -2.45. The predicted molar refractivity (Wildman–Crippen MR) is 77.7 cm³/mol. The van der Waals surface area contributed by atoms with Gasteiger partial charge in [0.2, 0.25) is 5.91 Å². The Kier molecular flexibility index (Phi) is 6.80. The Morgan fingerprint density at radius 1 is 1.53 bits per heavy atom. The maximum atomic E-state index is 11.8. The molecular formula is C15H30N2O2. The van der Waals surface area contributed by atoms with Crippen molar-refractivity contribution < 1.29 is 9.90 Å². The minimum atomic E-state index is -0.684. The van der Waals surface area contributed by atoms with Gasteiger partial charge in [0.05, 0.1) is 5.60 Å². The molecule has 3 unspecified atom stereocenters. The molecule has 1 aliphatic rings. The zero-order chi connectivity index (χ0) is 14.3. The maximum Gasteiger partial charge on any atom is 0.220 e. The van der Waals surface area contributed by atoms with Crippen LogP contribution in [-0.2, 0) is 4.79 Å². The van der Waals surface area contributed by atoms with Gasteiger partial charge in [0.25, 0.3) is 0 Å². The molecule has 0 spiro atoms. The zero-order valence-electron chi connectivity index (χ0n) is 12.5. The molecule has 1 rings (SSSR count). The smallest absolute Gasteiger partial charge is 0.220 e. The van der Waals surface area contributed by atoms with Gasteiger partial charge >= 0.3 is 0 Å². The third kappa shape index (κ3) is 6.39. The average Bonchev–Trinajstić information content (AvgIpc) is 2.34. The molecule has 1 amide bonds. The lowest BCUT2D eigenvalue weighted by atomic mass is 9.79. The topological polar surface area (TPSA) is 75.4 Å². The van der Waals surface area contributed by atoms with Gasteiger partial charge in [-0.3, -0.25) is 4.79 Å². The van der Waals surface area contributed by atoms with Crippen molar-refractivity contribution in [2.75, 3.05) is 13.1 Å². The molecule has 0 aromatic rings. The molecule has 0 radical (unpaired) electrons. The van der Waals surface area contributed by atoms with E-state index in [2.05, 4.69) is 19.2 Å². The van der Waals surface area contributed by atoms with Crippen molar-refractivity contribution in [2.45, 2.75) is 64.4 Å². The van der Waals surface area contributed by atoms with Crippen LogP contribution in [0.4, 0.5) is 0 Å². The lowest BCUT2D eigenvalue weighted by Gasteiger charge is -2.35. The van der Waals surface area contributed by atoms with Crippen molar-refractivity contribution in [3.8, 4) is 0 Å². The Labute approximate surface area is 117 Å². The maximum absolute atomic E-state index is 11.8. The van der Waals surface area contributed by atoms with Crippen molar-refractivity contribution in [1.29, 1.82) is 0 Å². The molecule has 4 nitrogen and oxygen atoms in total. The van der Waals surface area contributed by atoms with Gasteiger partial charge in [-0.1, -0.05) is 26.7 Å². The molecule has 0 aromatic carbocycles. The van der Waals surface area contributed by atoms with Crippen LogP contribution in [0.3, 0.4) is 0 Å². The highest BCUT2D eigenvalue weighted by atomic mass is 16.3. The molecule has 3 atom stereocenters. The quantitative estimate of drug-likeness (QED) is 0.660. The molecule has 0 aromatic heterocycles. The minimum Gasteiger partial charge on any atom is -0.388 e. The number of carbonyl (C=O) groups is 1. The molecule has 1 aliphatic carbocycles. The van der Waals surface area contributed by atoms with Crippen molar-refractivity contribution in [1.82, 2.24) is 5.32 Å². The van der Waals surface area contributed by atoms with Crippen LogP contribution in [0.1, 0.15) is 58.8 Å². The summed E-state index contributed by atoms with van der Waals surface area (Å²) in [5, 5.41) is 13.3. The van der Waals surface area contributed by atoms with Gasteiger partial charge in [-0.25, -0.2) is 0 Å². The van der Waals surface area contributed by atoms with Gasteiger partial charge in [0.1, 0.15) is 0 Å². The van der Waals surface area contributed by atoms with E-state index in [0.717, 1.165) is 32.1 Å². The largest absolute Gasteiger partial charge is 0.388 e. The fourth-order valence-electron chi connectivity index (χ4n) is 2.95. The second-order valence-electron chi connectivity index (χ2n) is 6.42. The predicted octanol–water partition coefficient (Wildman–Crippen LogP) is 1.81. The van der Waals surface area contributed by atoms with Gasteiger partial charge in [0, 0.05) is 13.0 Å². The summed E-state index contributed by atoms with van der Waals surface area (Å²) in [7, 11) is 0. The number of aliphatic hydroxyl groups is 1. The summed E-state index contributed by atoms with van der Waals surface area (Å²) in [5.74, 6) is 1.10. The number of amides is 1. The van der Waals surface area contributed by atoms with E-state index in [1.54, 1.807) is 0 Å². The average molecular weight is 270 g/mol. The first kappa shape index (κ1) is 16.4. The summed E-state index contributed by atoms with van der Waals surface area (Å²) in [5.41, 5.74) is 4.80. The van der Waals surface area contributed by atoms with Crippen LogP contribution >= 0.6 is 0 Å². The van der Waals surface area contributed by atoms with Gasteiger partial charge in [-0.2, -0.15) is 0 Å². The monoisotopic (exact) mass is 270 g/mol. The van der Waals surface area contributed by atoms with E-state index in [9.17, 15) is 9.90 Å². The van der Waals surface area contributed by atoms with E-state index in [4.69, 9.17) is 5.73 Å². The van der Waals surface area contributed by atoms with Crippen LogP contribution in [0.5, 0.6) is 0 Å². The van der Waals surface area contributed by atoms with E-state index in [1.807, 2.05) is 0 Å². The van der Waals surface area contributed by atoms with Crippen molar-refractivity contribution in [3.63, 3.8) is 0 Å². The highest BCUT2D eigenvalue weighted by Gasteiger charge is 2.32. The fourth-order valence-corrected chi connectivity index (χ4v) is 2.95. The summed E-state index contributed by atoms with van der Waals surface area (Å²) >= 11 is 0. The lowest BCUT2D eigenvalue weighted by molar-refractivity contribution is -0.123. The number of hydrogen-bond acceptors (Lipinski definition) is 3. The van der Waals surface area contributed by atoms with Crippen LogP contribution in [0, 0.1) is 11.8 Å². The first-order chi connectivity index (χ1) is 8.95. The Morgan fingerprint density at radius 2 is 2.26 bits per heavy atom. The van der Waals surface area contributed by atoms with Crippen LogP contribution < -0.4 is 11.1 Å². The van der Waals surface area contributed by atoms with Gasteiger partial charge in [0.15, 0.2) is 0 Å². The van der Waals surface area contributed by atoms with E-state index in [-0.39, 0.29) is 5.91 Å². The minimum absolute atomic E-state index is 0.0514. The Hall–Kier alpha value is -0.610. The number of carbonyl (C=O) groups excluding carboxylic acids is 1. The molecule has 0 saturated heterocycles. The Morgan fingerprint density at radius 3 is 2.89 bits per heavy atom. The Bertz CT molecular complexity index is 283. The normalized spacial score (nSPS) is 28.9. The third-order valence-electron chi connectivity index (χ3n) is 4.21. The van der Waals surface area contributed by atoms with E-state index >= 15 is 0 Å². The first-order valence-electron chi connectivity index (χ1n) is 7.64. The Balaban J connectivity index is 2.22. The van der Waals surface area contributed by atoms with Crippen molar-refractivity contribution >= 4 is 5.91 Å². The molecule has 4 N–H and O–H groups in total. The number of rotatable bonds is 7. The molecule has 112 valence electrons. The number of nitrogens with one attached hydrogen (secondary N) is 1. The van der Waals surface area contributed by atoms with Crippen molar-refractivity contribution in [2.24, 2.45) is 17.6 Å². The summed E-state index contributed by atoms with van der Waals surface area (Å²) in [6.45, 7) is 5.37. The summed E-state index contributed by atoms with van der Waals surface area (Å²) < 4.78 is 0. The van der Waals surface area contributed by atoms with Crippen LogP contribution in [0.15, 0.2) is 0 Å². The van der Waals surface area contributed by atoms with E-state index < -0.39 is 5.60 Å². The molecule has 4 heteroatoms. The van der Waals surface area contributed by atoms with Gasteiger partial charge in [-0.15, -0.1) is 0 Å². The molecule has 1 saturated carbocycles. The second-order valence-corrected chi connectivity index (χ2v) is 6.42. The van der Waals surface area contributed by atoms with Crippen LogP contribution in [-0.4, -0.2) is 29.7 Å². The highest BCUT2D eigenvalue weighted by Crippen LogP contribution is 2.31.